The Labute approximate surface area is 130 Å². The summed E-state index contributed by atoms with van der Waals surface area (Å²) >= 11 is 0. The van der Waals surface area contributed by atoms with Gasteiger partial charge in [0.25, 0.3) is 0 Å². The van der Waals surface area contributed by atoms with Crippen LogP contribution in [0.3, 0.4) is 0 Å². The minimum absolute atomic E-state index is 0.847. The van der Waals surface area contributed by atoms with Crippen molar-refractivity contribution in [2.24, 2.45) is 11.7 Å². The van der Waals surface area contributed by atoms with Gasteiger partial charge in [-0.2, -0.15) is 0 Å². The third-order valence-electron chi connectivity index (χ3n) is 4.79. The van der Waals surface area contributed by atoms with Crippen LogP contribution in [0.4, 0.5) is 0 Å². The molecule has 2 rings (SSSR count). The van der Waals surface area contributed by atoms with Gasteiger partial charge in [-0.3, -0.25) is 4.90 Å². The van der Waals surface area contributed by atoms with Crippen LogP contribution in [0.25, 0.3) is 0 Å². The summed E-state index contributed by atoms with van der Waals surface area (Å²) in [7, 11) is 0. The number of nitrogens with two attached hydrogens (primary N) is 1. The lowest BCUT2D eigenvalue weighted by Crippen LogP contribution is -2.25. The molecule has 118 valence electrons. The minimum Gasteiger partial charge on any atom is -0.330 e. The Hall–Kier alpha value is -0.860. The lowest BCUT2D eigenvalue weighted by atomic mass is 9.94. The summed E-state index contributed by atoms with van der Waals surface area (Å²) in [5.41, 5.74) is 8.84. The Morgan fingerprint density at radius 1 is 1.14 bits per heavy atom. The van der Waals surface area contributed by atoms with Gasteiger partial charge in [0.05, 0.1) is 0 Å². The highest BCUT2D eigenvalue weighted by Crippen LogP contribution is 2.21. The molecule has 0 aliphatic carbocycles. The predicted octanol–water partition coefficient (Wildman–Crippen LogP) is 3.98. The topological polar surface area (TPSA) is 29.3 Å². The fraction of sp³-hybridized carbons (Fsp3) is 0.684. The van der Waals surface area contributed by atoms with Gasteiger partial charge in [0, 0.05) is 6.54 Å². The number of hydrogen-bond acceptors (Lipinski definition) is 2. The number of nitrogens with zero attached hydrogens (tertiary/aromatic N) is 1. The molecular formula is C19H32N2. The molecule has 2 heteroatoms. The Morgan fingerprint density at radius 2 is 1.95 bits per heavy atom. The summed E-state index contributed by atoms with van der Waals surface area (Å²) in [4.78, 5) is 2.65. The van der Waals surface area contributed by atoms with Crippen molar-refractivity contribution in [2.45, 2.75) is 58.4 Å². The Kier molecular flexibility index (Phi) is 7.25. The molecule has 0 aromatic heterocycles. The highest BCUT2D eigenvalue weighted by atomic mass is 15.1. The third kappa shape index (κ3) is 5.44. The van der Waals surface area contributed by atoms with E-state index in [0.29, 0.717) is 0 Å². The molecule has 0 fully saturated rings. The van der Waals surface area contributed by atoms with Crippen molar-refractivity contribution in [2.75, 3.05) is 19.6 Å². The fourth-order valence-electron chi connectivity index (χ4n) is 3.64. The first-order chi connectivity index (χ1) is 10.3. The van der Waals surface area contributed by atoms with Crippen molar-refractivity contribution < 1.29 is 0 Å². The van der Waals surface area contributed by atoms with E-state index < -0.39 is 0 Å². The second kappa shape index (κ2) is 9.22. The molecule has 1 heterocycles. The van der Waals surface area contributed by atoms with E-state index in [0.717, 1.165) is 19.0 Å². The molecule has 1 aromatic carbocycles. The number of hydrogen-bond donors (Lipinski definition) is 1. The van der Waals surface area contributed by atoms with Crippen molar-refractivity contribution in [1.29, 1.82) is 0 Å². The maximum absolute atomic E-state index is 5.74. The van der Waals surface area contributed by atoms with Gasteiger partial charge in [0.1, 0.15) is 0 Å². The van der Waals surface area contributed by atoms with E-state index in [-0.39, 0.29) is 0 Å². The van der Waals surface area contributed by atoms with Gasteiger partial charge >= 0.3 is 0 Å². The lowest BCUT2D eigenvalue weighted by Gasteiger charge is -2.22. The molecule has 1 atom stereocenters. The first-order valence-corrected chi connectivity index (χ1v) is 8.82. The van der Waals surface area contributed by atoms with Crippen LogP contribution in [0.15, 0.2) is 24.3 Å². The molecule has 0 radical (unpaired) electrons. The van der Waals surface area contributed by atoms with Crippen LogP contribution in [0, 0.1) is 5.92 Å². The molecule has 1 aliphatic heterocycles. The van der Waals surface area contributed by atoms with Gasteiger partial charge in [0.2, 0.25) is 0 Å². The van der Waals surface area contributed by atoms with Crippen LogP contribution in [0.5, 0.6) is 0 Å². The Morgan fingerprint density at radius 3 is 2.71 bits per heavy atom. The zero-order valence-corrected chi connectivity index (χ0v) is 13.7. The minimum atomic E-state index is 0.847. The first kappa shape index (κ1) is 16.5. The Bertz CT molecular complexity index is 396. The third-order valence-corrected chi connectivity index (χ3v) is 4.79. The highest BCUT2D eigenvalue weighted by Gasteiger charge is 2.14. The van der Waals surface area contributed by atoms with Crippen LogP contribution < -0.4 is 5.73 Å². The number of benzene rings is 1. The zero-order chi connectivity index (χ0) is 14.9. The van der Waals surface area contributed by atoms with Crippen molar-refractivity contribution >= 4 is 0 Å². The molecule has 21 heavy (non-hydrogen) atoms. The second-order valence-electron chi connectivity index (χ2n) is 6.52. The normalized spacial score (nSPS) is 17.2. The summed E-state index contributed by atoms with van der Waals surface area (Å²) < 4.78 is 0. The molecule has 0 saturated heterocycles. The zero-order valence-electron chi connectivity index (χ0n) is 13.7. The smallest absolute Gasteiger partial charge is 0.0236 e. The summed E-state index contributed by atoms with van der Waals surface area (Å²) in [5.74, 6) is 0.847. The van der Waals surface area contributed by atoms with Crippen molar-refractivity contribution in [3.05, 3.63) is 35.4 Å². The molecule has 0 saturated carbocycles. The summed E-state index contributed by atoms with van der Waals surface area (Å²) in [6, 6.07) is 8.97. The number of rotatable bonds is 8. The van der Waals surface area contributed by atoms with E-state index in [1.807, 2.05) is 0 Å². The highest BCUT2D eigenvalue weighted by molar-refractivity contribution is 5.27. The summed E-state index contributed by atoms with van der Waals surface area (Å²) in [5, 5.41) is 0. The SMILES string of the molecule is CCCC(CCN)CCCN1CCCc2ccccc2C1. The standard InChI is InChI=1S/C19H32N2/c1-2-7-17(12-13-20)8-5-14-21-15-6-11-18-9-3-4-10-19(18)16-21/h3-4,9-10,17H,2,5-8,11-16,20H2,1H3. The van der Waals surface area contributed by atoms with Crippen molar-refractivity contribution in [3.8, 4) is 0 Å². The molecule has 2 nitrogen and oxygen atoms in total. The maximum atomic E-state index is 5.74. The van der Waals surface area contributed by atoms with Gasteiger partial charge in [-0.25, -0.2) is 0 Å². The van der Waals surface area contributed by atoms with Crippen LogP contribution in [-0.2, 0) is 13.0 Å². The van der Waals surface area contributed by atoms with E-state index in [1.165, 1.54) is 58.0 Å². The second-order valence-corrected chi connectivity index (χ2v) is 6.52. The van der Waals surface area contributed by atoms with Crippen molar-refractivity contribution in [3.63, 3.8) is 0 Å². The van der Waals surface area contributed by atoms with Gasteiger partial charge < -0.3 is 5.73 Å². The molecule has 0 spiro atoms. The van der Waals surface area contributed by atoms with Crippen molar-refractivity contribution in [1.82, 2.24) is 4.90 Å². The lowest BCUT2D eigenvalue weighted by molar-refractivity contribution is 0.252. The van der Waals surface area contributed by atoms with Crippen LogP contribution in [0.2, 0.25) is 0 Å². The van der Waals surface area contributed by atoms with Gasteiger partial charge in [-0.1, -0.05) is 44.0 Å². The molecular weight excluding hydrogens is 256 g/mol. The quantitative estimate of drug-likeness (QED) is 0.784. The predicted molar refractivity (Wildman–Crippen MR) is 91.3 cm³/mol. The van der Waals surface area contributed by atoms with E-state index in [4.69, 9.17) is 5.73 Å². The molecule has 1 aliphatic rings. The number of fused-ring (bicyclic) bond motifs is 1. The van der Waals surface area contributed by atoms with Gasteiger partial charge in [-0.05, 0) is 68.8 Å². The maximum Gasteiger partial charge on any atom is 0.0236 e. The van der Waals surface area contributed by atoms with Gasteiger partial charge in [-0.15, -0.1) is 0 Å². The molecule has 0 amide bonds. The van der Waals surface area contributed by atoms with E-state index in [1.54, 1.807) is 11.1 Å². The van der Waals surface area contributed by atoms with E-state index in [9.17, 15) is 0 Å². The van der Waals surface area contributed by atoms with E-state index in [2.05, 4.69) is 36.1 Å². The van der Waals surface area contributed by atoms with Crippen LogP contribution in [-0.4, -0.2) is 24.5 Å². The van der Waals surface area contributed by atoms with Gasteiger partial charge in [0.15, 0.2) is 0 Å². The Balaban J connectivity index is 1.78. The monoisotopic (exact) mass is 288 g/mol. The average molecular weight is 288 g/mol. The molecule has 0 bridgehead atoms. The van der Waals surface area contributed by atoms with Crippen LogP contribution >= 0.6 is 0 Å². The molecule has 2 N–H and O–H groups in total. The first-order valence-electron chi connectivity index (χ1n) is 8.82. The van der Waals surface area contributed by atoms with E-state index >= 15 is 0 Å². The summed E-state index contributed by atoms with van der Waals surface area (Å²) in [6.07, 6.45) is 9.07. The molecule has 1 aromatic rings. The largest absolute Gasteiger partial charge is 0.330 e. The van der Waals surface area contributed by atoms with Crippen LogP contribution in [0.1, 0.15) is 56.6 Å². The average Bonchev–Trinajstić information content (AvgIpc) is 2.69. The fourth-order valence-corrected chi connectivity index (χ4v) is 3.64. The summed E-state index contributed by atoms with van der Waals surface area (Å²) in [6.45, 7) is 6.78. The molecule has 1 unspecified atom stereocenters. The number of aryl methyl sites for hydroxylation is 1.